The van der Waals surface area contributed by atoms with E-state index in [4.69, 9.17) is 4.74 Å². The van der Waals surface area contributed by atoms with Crippen LogP contribution in [0.5, 0.6) is 5.75 Å². The molecular formula is C23H27N5O. The van der Waals surface area contributed by atoms with Crippen molar-refractivity contribution >= 4 is 17.3 Å². The molecule has 1 aliphatic rings. The van der Waals surface area contributed by atoms with E-state index in [0.717, 1.165) is 55.9 Å². The average molecular weight is 390 g/mol. The molecule has 1 aromatic heterocycles. The van der Waals surface area contributed by atoms with E-state index in [1.807, 2.05) is 25.1 Å². The van der Waals surface area contributed by atoms with Crippen LogP contribution in [0.15, 0.2) is 60.7 Å². The van der Waals surface area contributed by atoms with Gasteiger partial charge in [0, 0.05) is 44.5 Å². The Morgan fingerprint density at radius 2 is 1.59 bits per heavy atom. The number of nitrogens with zero attached hydrogens (tertiary/aromatic N) is 4. The summed E-state index contributed by atoms with van der Waals surface area (Å²) in [6, 6.07) is 20.7. The SMILES string of the molecule is COc1ccc(N2CCN(c3cc(NCc4ccccc4)nc(C)n3)CC2)cc1. The van der Waals surface area contributed by atoms with Crippen molar-refractivity contribution < 1.29 is 4.74 Å². The zero-order valence-electron chi connectivity index (χ0n) is 17.0. The molecule has 0 bridgehead atoms. The summed E-state index contributed by atoms with van der Waals surface area (Å²) in [6.45, 7) is 6.48. The lowest BCUT2D eigenvalue weighted by atomic mass is 10.2. The summed E-state index contributed by atoms with van der Waals surface area (Å²) in [5.74, 6) is 3.53. The summed E-state index contributed by atoms with van der Waals surface area (Å²) >= 11 is 0. The van der Waals surface area contributed by atoms with Crippen LogP contribution in [0.3, 0.4) is 0 Å². The van der Waals surface area contributed by atoms with E-state index in [1.54, 1.807) is 7.11 Å². The number of piperazine rings is 1. The first-order valence-corrected chi connectivity index (χ1v) is 9.99. The maximum absolute atomic E-state index is 5.25. The van der Waals surface area contributed by atoms with Gasteiger partial charge in [0.25, 0.3) is 0 Å². The number of aryl methyl sites for hydroxylation is 1. The molecule has 1 N–H and O–H groups in total. The van der Waals surface area contributed by atoms with Crippen molar-refractivity contribution in [2.24, 2.45) is 0 Å². The van der Waals surface area contributed by atoms with Gasteiger partial charge in [-0.2, -0.15) is 0 Å². The summed E-state index contributed by atoms with van der Waals surface area (Å²) in [6.07, 6.45) is 0. The third-order valence-electron chi connectivity index (χ3n) is 5.18. The lowest BCUT2D eigenvalue weighted by Gasteiger charge is -2.37. The first kappa shape index (κ1) is 19.1. The molecule has 0 aliphatic carbocycles. The van der Waals surface area contributed by atoms with E-state index >= 15 is 0 Å². The summed E-state index contributed by atoms with van der Waals surface area (Å²) in [5.41, 5.74) is 2.47. The lowest BCUT2D eigenvalue weighted by molar-refractivity contribution is 0.415. The first-order chi connectivity index (χ1) is 14.2. The fourth-order valence-corrected chi connectivity index (χ4v) is 3.58. The van der Waals surface area contributed by atoms with Crippen LogP contribution < -0.4 is 19.9 Å². The average Bonchev–Trinajstić information content (AvgIpc) is 2.78. The Labute approximate surface area is 172 Å². The number of benzene rings is 2. The van der Waals surface area contributed by atoms with Gasteiger partial charge in [-0.3, -0.25) is 0 Å². The molecule has 0 spiro atoms. The third kappa shape index (κ3) is 4.77. The Balaban J connectivity index is 1.39. The Bertz CT molecular complexity index is 922. The molecule has 0 unspecified atom stereocenters. The molecule has 3 aromatic rings. The Morgan fingerprint density at radius 1 is 0.897 bits per heavy atom. The standard InChI is InChI=1S/C23H27N5O/c1-18-25-22(24-17-19-6-4-3-5-7-19)16-23(26-18)28-14-12-27(13-15-28)20-8-10-21(29-2)11-9-20/h3-11,16H,12-15,17H2,1-2H3,(H,24,25,26). The van der Waals surface area contributed by atoms with E-state index < -0.39 is 0 Å². The topological polar surface area (TPSA) is 53.5 Å². The van der Waals surface area contributed by atoms with Crippen molar-refractivity contribution in [2.75, 3.05) is 48.4 Å². The van der Waals surface area contributed by atoms with Gasteiger partial charge in [-0.1, -0.05) is 30.3 Å². The quantitative estimate of drug-likeness (QED) is 0.693. The molecule has 29 heavy (non-hydrogen) atoms. The van der Waals surface area contributed by atoms with Crippen LogP contribution in [-0.4, -0.2) is 43.3 Å². The van der Waals surface area contributed by atoms with Crippen LogP contribution in [0.2, 0.25) is 0 Å². The molecule has 150 valence electrons. The van der Waals surface area contributed by atoms with E-state index in [2.05, 4.69) is 67.5 Å². The Kier molecular flexibility index (Phi) is 5.79. The predicted molar refractivity (Wildman–Crippen MR) is 118 cm³/mol. The van der Waals surface area contributed by atoms with Gasteiger partial charge in [0.2, 0.25) is 0 Å². The zero-order valence-corrected chi connectivity index (χ0v) is 17.0. The van der Waals surface area contributed by atoms with Gasteiger partial charge in [-0.15, -0.1) is 0 Å². The Hall–Kier alpha value is -3.28. The molecule has 6 heteroatoms. The second-order valence-electron chi connectivity index (χ2n) is 7.17. The van der Waals surface area contributed by atoms with Crippen LogP contribution in [-0.2, 0) is 6.54 Å². The monoisotopic (exact) mass is 389 g/mol. The van der Waals surface area contributed by atoms with Gasteiger partial charge in [-0.05, 0) is 36.8 Å². The first-order valence-electron chi connectivity index (χ1n) is 9.99. The molecule has 2 heterocycles. The molecule has 0 saturated carbocycles. The fourth-order valence-electron chi connectivity index (χ4n) is 3.58. The fraction of sp³-hybridized carbons (Fsp3) is 0.304. The van der Waals surface area contributed by atoms with Gasteiger partial charge in [0.1, 0.15) is 23.2 Å². The van der Waals surface area contributed by atoms with Gasteiger partial charge in [0.05, 0.1) is 7.11 Å². The minimum Gasteiger partial charge on any atom is -0.497 e. The van der Waals surface area contributed by atoms with E-state index in [0.29, 0.717) is 0 Å². The number of hydrogen-bond donors (Lipinski definition) is 1. The highest BCUT2D eigenvalue weighted by Gasteiger charge is 2.19. The summed E-state index contributed by atoms with van der Waals surface area (Å²) < 4.78 is 5.25. The molecule has 4 rings (SSSR count). The highest BCUT2D eigenvalue weighted by atomic mass is 16.5. The maximum atomic E-state index is 5.25. The predicted octanol–water partition coefficient (Wildman–Crippen LogP) is 3.73. The smallest absolute Gasteiger partial charge is 0.134 e. The zero-order chi connectivity index (χ0) is 20.1. The largest absolute Gasteiger partial charge is 0.497 e. The van der Waals surface area contributed by atoms with Crippen molar-refractivity contribution in [3.63, 3.8) is 0 Å². The normalized spacial score (nSPS) is 14.0. The van der Waals surface area contributed by atoms with Crippen molar-refractivity contribution in [3.05, 3.63) is 72.1 Å². The lowest BCUT2D eigenvalue weighted by Crippen LogP contribution is -2.46. The highest BCUT2D eigenvalue weighted by molar-refractivity contribution is 5.53. The molecule has 2 aromatic carbocycles. The number of rotatable bonds is 6. The number of ether oxygens (including phenoxy) is 1. The molecule has 1 aliphatic heterocycles. The van der Waals surface area contributed by atoms with Gasteiger partial charge < -0.3 is 19.9 Å². The van der Waals surface area contributed by atoms with Crippen LogP contribution in [0, 0.1) is 6.92 Å². The van der Waals surface area contributed by atoms with Crippen molar-refractivity contribution in [1.82, 2.24) is 9.97 Å². The van der Waals surface area contributed by atoms with E-state index in [-0.39, 0.29) is 0 Å². The summed E-state index contributed by atoms with van der Waals surface area (Å²) in [5, 5.41) is 3.43. The second-order valence-corrected chi connectivity index (χ2v) is 7.17. The van der Waals surface area contributed by atoms with Gasteiger partial charge >= 0.3 is 0 Å². The van der Waals surface area contributed by atoms with Crippen LogP contribution >= 0.6 is 0 Å². The van der Waals surface area contributed by atoms with Gasteiger partial charge in [0.15, 0.2) is 0 Å². The minimum absolute atomic E-state index is 0.752. The summed E-state index contributed by atoms with van der Waals surface area (Å²) in [4.78, 5) is 14.0. The molecule has 6 nitrogen and oxygen atoms in total. The van der Waals surface area contributed by atoms with E-state index in [1.165, 1.54) is 11.3 Å². The molecule has 1 saturated heterocycles. The number of methoxy groups -OCH3 is 1. The molecular weight excluding hydrogens is 362 g/mol. The van der Waals surface area contributed by atoms with E-state index in [9.17, 15) is 0 Å². The van der Waals surface area contributed by atoms with Crippen molar-refractivity contribution in [3.8, 4) is 5.75 Å². The third-order valence-corrected chi connectivity index (χ3v) is 5.18. The van der Waals surface area contributed by atoms with Crippen molar-refractivity contribution in [2.45, 2.75) is 13.5 Å². The van der Waals surface area contributed by atoms with Crippen LogP contribution in [0.4, 0.5) is 17.3 Å². The number of nitrogens with one attached hydrogen (secondary N) is 1. The minimum atomic E-state index is 0.752. The van der Waals surface area contributed by atoms with Crippen molar-refractivity contribution in [1.29, 1.82) is 0 Å². The maximum Gasteiger partial charge on any atom is 0.134 e. The number of anilines is 3. The van der Waals surface area contributed by atoms with Crippen LogP contribution in [0.1, 0.15) is 11.4 Å². The van der Waals surface area contributed by atoms with Crippen LogP contribution in [0.25, 0.3) is 0 Å². The number of hydrogen-bond acceptors (Lipinski definition) is 6. The molecule has 0 atom stereocenters. The number of aromatic nitrogens is 2. The Morgan fingerprint density at radius 3 is 2.28 bits per heavy atom. The summed E-state index contributed by atoms with van der Waals surface area (Å²) in [7, 11) is 1.69. The molecule has 0 amide bonds. The van der Waals surface area contributed by atoms with Gasteiger partial charge in [-0.25, -0.2) is 9.97 Å². The second kappa shape index (κ2) is 8.82. The highest BCUT2D eigenvalue weighted by Crippen LogP contribution is 2.23. The molecule has 0 radical (unpaired) electrons. The molecule has 1 fully saturated rings.